The van der Waals surface area contributed by atoms with Gasteiger partial charge in [-0.25, -0.2) is 0 Å². The Morgan fingerprint density at radius 3 is 2.92 bits per heavy atom. The van der Waals surface area contributed by atoms with E-state index in [9.17, 15) is 4.79 Å². The first-order valence-corrected chi connectivity index (χ1v) is 3.64. The quantitative estimate of drug-likeness (QED) is 0.714. The van der Waals surface area contributed by atoms with Crippen molar-refractivity contribution in [2.45, 2.75) is 13.8 Å². The summed E-state index contributed by atoms with van der Waals surface area (Å²) in [6.45, 7) is 3.12. The fraction of sp³-hybridized carbons (Fsp3) is 0.429. The molecule has 68 valence electrons. The van der Waals surface area contributed by atoms with Crippen LogP contribution in [0, 0.1) is 24.2 Å². The fourth-order valence-electron chi connectivity index (χ4n) is 0.620. The molecule has 1 rings (SSSR count). The molecule has 6 heteroatoms. The number of nitrogens with zero attached hydrogens (tertiary/aromatic N) is 3. The van der Waals surface area contributed by atoms with Gasteiger partial charge in [0, 0.05) is 0 Å². The number of amides is 1. The highest BCUT2D eigenvalue weighted by Crippen LogP contribution is 2.04. The lowest BCUT2D eigenvalue weighted by atomic mass is 10.2. The van der Waals surface area contributed by atoms with Crippen molar-refractivity contribution in [2.24, 2.45) is 5.92 Å². The molecule has 1 aromatic rings. The maximum Gasteiger partial charge on any atom is 0.328 e. The van der Waals surface area contributed by atoms with Crippen molar-refractivity contribution in [2.75, 3.05) is 5.32 Å². The van der Waals surface area contributed by atoms with E-state index in [1.54, 1.807) is 13.0 Å². The van der Waals surface area contributed by atoms with E-state index in [2.05, 4.69) is 20.0 Å². The van der Waals surface area contributed by atoms with Gasteiger partial charge in [-0.1, -0.05) is 5.16 Å². The van der Waals surface area contributed by atoms with Gasteiger partial charge in [0.25, 0.3) is 0 Å². The third-order valence-corrected chi connectivity index (χ3v) is 1.34. The van der Waals surface area contributed by atoms with Gasteiger partial charge in [0.15, 0.2) is 5.82 Å². The summed E-state index contributed by atoms with van der Waals surface area (Å²) < 4.78 is 4.63. The Bertz CT molecular complexity index is 352. The predicted molar refractivity (Wildman–Crippen MR) is 42.4 cm³/mol. The van der Waals surface area contributed by atoms with Crippen LogP contribution < -0.4 is 5.32 Å². The Kier molecular flexibility index (Phi) is 2.59. The van der Waals surface area contributed by atoms with Crippen LogP contribution in [0.5, 0.6) is 0 Å². The summed E-state index contributed by atoms with van der Waals surface area (Å²) in [5, 5.41) is 14.2. The summed E-state index contributed by atoms with van der Waals surface area (Å²) in [7, 11) is 0. The maximum absolute atomic E-state index is 11.1. The molecule has 1 aromatic heterocycles. The van der Waals surface area contributed by atoms with E-state index in [1.165, 1.54) is 6.92 Å². The van der Waals surface area contributed by atoms with Crippen LogP contribution in [0.25, 0.3) is 0 Å². The number of nitriles is 1. The molecule has 0 aliphatic heterocycles. The average Bonchev–Trinajstić information content (AvgIpc) is 2.49. The molecule has 0 aliphatic carbocycles. The third-order valence-electron chi connectivity index (χ3n) is 1.34. The molecule has 1 heterocycles. The summed E-state index contributed by atoms with van der Waals surface area (Å²) in [5.74, 6) is -0.752. The summed E-state index contributed by atoms with van der Waals surface area (Å²) in [6, 6.07) is 1.81. The Labute approximate surface area is 74.5 Å². The molecule has 1 atom stereocenters. The number of anilines is 1. The van der Waals surface area contributed by atoms with Gasteiger partial charge in [0.2, 0.25) is 5.91 Å². The van der Waals surface area contributed by atoms with Crippen LogP contribution in [-0.4, -0.2) is 16.0 Å². The molecule has 0 spiro atoms. The normalized spacial score (nSPS) is 11.8. The van der Waals surface area contributed by atoms with Crippen molar-refractivity contribution >= 4 is 11.9 Å². The van der Waals surface area contributed by atoms with Crippen LogP contribution in [0.15, 0.2) is 4.52 Å². The van der Waals surface area contributed by atoms with Crippen molar-refractivity contribution in [1.29, 1.82) is 5.26 Å². The molecular formula is C7H8N4O2. The van der Waals surface area contributed by atoms with Gasteiger partial charge in [-0.2, -0.15) is 10.2 Å². The number of hydrogen-bond donors (Lipinski definition) is 1. The highest BCUT2D eigenvalue weighted by molar-refractivity contribution is 5.91. The van der Waals surface area contributed by atoms with Crippen molar-refractivity contribution in [3.8, 4) is 6.07 Å². The zero-order chi connectivity index (χ0) is 9.84. The van der Waals surface area contributed by atoms with E-state index in [0.717, 1.165) is 0 Å². The third kappa shape index (κ3) is 2.27. The van der Waals surface area contributed by atoms with Gasteiger partial charge in [-0.05, 0) is 13.8 Å². The second-order valence-corrected chi connectivity index (χ2v) is 2.49. The van der Waals surface area contributed by atoms with Crippen LogP contribution in [0.4, 0.5) is 6.01 Å². The number of nitrogens with one attached hydrogen (secondary N) is 1. The van der Waals surface area contributed by atoms with Gasteiger partial charge in [0.05, 0.1) is 6.07 Å². The first kappa shape index (κ1) is 9.19. The number of rotatable bonds is 2. The standard InChI is InChI=1S/C7H8N4O2/c1-4(3-8)6(12)10-7-9-5(2)11-13-7/h4H,1-2H3,(H,9,10,11,12). The Morgan fingerprint density at radius 2 is 2.46 bits per heavy atom. The maximum atomic E-state index is 11.1. The molecule has 0 aromatic carbocycles. The van der Waals surface area contributed by atoms with E-state index in [4.69, 9.17) is 5.26 Å². The summed E-state index contributed by atoms with van der Waals surface area (Å²) in [4.78, 5) is 14.8. The van der Waals surface area contributed by atoms with Gasteiger partial charge in [-0.3, -0.25) is 10.1 Å². The smallest absolute Gasteiger partial charge is 0.315 e. The van der Waals surface area contributed by atoms with E-state index in [0.29, 0.717) is 5.82 Å². The van der Waals surface area contributed by atoms with Crippen molar-refractivity contribution in [1.82, 2.24) is 10.1 Å². The van der Waals surface area contributed by atoms with Gasteiger partial charge in [0.1, 0.15) is 5.92 Å². The van der Waals surface area contributed by atoms with Crippen LogP contribution in [0.2, 0.25) is 0 Å². The Morgan fingerprint density at radius 1 is 1.77 bits per heavy atom. The second kappa shape index (κ2) is 3.67. The number of aromatic nitrogens is 2. The van der Waals surface area contributed by atoms with E-state index < -0.39 is 11.8 Å². The minimum Gasteiger partial charge on any atom is -0.315 e. The van der Waals surface area contributed by atoms with Crippen molar-refractivity contribution in [3.05, 3.63) is 5.82 Å². The monoisotopic (exact) mass is 180 g/mol. The highest BCUT2D eigenvalue weighted by Gasteiger charge is 2.14. The molecule has 0 fully saturated rings. The number of carbonyl (C=O) groups excluding carboxylic acids is 1. The molecule has 13 heavy (non-hydrogen) atoms. The van der Waals surface area contributed by atoms with E-state index in [1.807, 2.05) is 0 Å². The molecule has 1 amide bonds. The zero-order valence-corrected chi connectivity index (χ0v) is 7.24. The molecular weight excluding hydrogens is 172 g/mol. The number of hydrogen-bond acceptors (Lipinski definition) is 5. The van der Waals surface area contributed by atoms with Crippen LogP contribution in [0.1, 0.15) is 12.7 Å². The average molecular weight is 180 g/mol. The SMILES string of the molecule is Cc1noc(NC(=O)C(C)C#N)n1. The molecule has 0 bridgehead atoms. The minimum absolute atomic E-state index is 0.0181. The molecule has 0 radical (unpaired) electrons. The molecule has 0 saturated heterocycles. The van der Waals surface area contributed by atoms with Crippen LogP contribution in [0.3, 0.4) is 0 Å². The van der Waals surface area contributed by atoms with E-state index >= 15 is 0 Å². The first-order valence-electron chi connectivity index (χ1n) is 3.64. The van der Waals surface area contributed by atoms with Crippen molar-refractivity contribution in [3.63, 3.8) is 0 Å². The van der Waals surface area contributed by atoms with E-state index in [-0.39, 0.29) is 6.01 Å². The van der Waals surface area contributed by atoms with Gasteiger partial charge >= 0.3 is 6.01 Å². The number of carbonyl (C=O) groups is 1. The Hall–Kier alpha value is -1.90. The van der Waals surface area contributed by atoms with Gasteiger partial charge < -0.3 is 4.52 Å². The lowest BCUT2D eigenvalue weighted by molar-refractivity contribution is -0.118. The molecule has 0 saturated carbocycles. The number of aryl methyl sites for hydroxylation is 1. The predicted octanol–water partition coefficient (Wildman–Crippen LogP) is 0.476. The fourth-order valence-corrected chi connectivity index (χ4v) is 0.620. The largest absolute Gasteiger partial charge is 0.328 e. The lowest BCUT2D eigenvalue weighted by Crippen LogP contribution is -2.19. The van der Waals surface area contributed by atoms with Crippen molar-refractivity contribution < 1.29 is 9.32 Å². The highest BCUT2D eigenvalue weighted by atomic mass is 16.5. The lowest BCUT2D eigenvalue weighted by Gasteiger charge is -1.99. The molecule has 6 nitrogen and oxygen atoms in total. The summed E-state index contributed by atoms with van der Waals surface area (Å²) in [6.07, 6.45) is 0. The molecule has 1 unspecified atom stereocenters. The Balaban J connectivity index is 2.61. The molecule has 1 N–H and O–H groups in total. The molecule has 0 aliphatic rings. The van der Waals surface area contributed by atoms with Crippen LogP contribution >= 0.6 is 0 Å². The zero-order valence-electron chi connectivity index (χ0n) is 7.24. The second-order valence-electron chi connectivity index (χ2n) is 2.49. The van der Waals surface area contributed by atoms with Crippen LogP contribution in [-0.2, 0) is 4.79 Å². The summed E-state index contributed by atoms with van der Waals surface area (Å²) >= 11 is 0. The topological polar surface area (TPSA) is 91.8 Å². The first-order chi connectivity index (χ1) is 6.13. The minimum atomic E-state index is -0.729. The van der Waals surface area contributed by atoms with Gasteiger partial charge in [-0.15, -0.1) is 0 Å². The summed E-state index contributed by atoms with van der Waals surface area (Å²) in [5.41, 5.74) is 0.